The van der Waals surface area contributed by atoms with Crippen LogP contribution in [-0.2, 0) is 7.05 Å². The van der Waals surface area contributed by atoms with Gasteiger partial charge in [-0.3, -0.25) is 4.79 Å². The van der Waals surface area contributed by atoms with E-state index in [-0.39, 0.29) is 23.5 Å². The van der Waals surface area contributed by atoms with Crippen molar-refractivity contribution < 1.29 is 9.90 Å². The normalized spacial score (nSPS) is 26.4. The van der Waals surface area contributed by atoms with Crippen LogP contribution in [0, 0.1) is 5.41 Å². The average molecular weight is 301 g/mol. The Morgan fingerprint density at radius 1 is 1.65 bits per heavy atom. The predicted octanol–water partition coefficient (Wildman–Crippen LogP) is 1.68. The molecule has 2 unspecified atom stereocenters. The molecule has 0 aromatic carbocycles. The first-order valence-electron chi connectivity index (χ1n) is 5.63. The molecule has 1 aliphatic rings. The van der Waals surface area contributed by atoms with Gasteiger partial charge in [-0.25, -0.2) is 0 Å². The summed E-state index contributed by atoms with van der Waals surface area (Å²) < 4.78 is 2.67. The van der Waals surface area contributed by atoms with Gasteiger partial charge in [0, 0.05) is 29.2 Å². The Bertz CT molecular complexity index is 453. The Hall–Kier alpha value is -0.810. The molecule has 0 saturated heterocycles. The summed E-state index contributed by atoms with van der Waals surface area (Å²) in [6.45, 7) is 3.93. The Morgan fingerprint density at radius 3 is 2.71 bits per heavy atom. The molecule has 0 radical (unpaired) electrons. The van der Waals surface area contributed by atoms with E-state index < -0.39 is 0 Å². The van der Waals surface area contributed by atoms with Gasteiger partial charge in [0.05, 0.1) is 6.10 Å². The number of carbonyl (C=O) groups is 1. The van der Waals surface area contributed by atoms with E-state index in [4.69, 9.17) is 0 Å². The first-order valence-corrected chi connectivity index (χ1v) is 6.42. The van der Waals surface area contributed by atoms with Crippen molar-refractivity contribution in [3.8, 4) is 0 Å². The van der Waals surface area contributed by atoms with Crippen LogP contribution in [0.25, 0.3) is 0 Å². The average Bonchev–Trinajstić information content (AvgIpc) is 2.57. The molecule has 1 heterocycles. The predicted molar refractivity (Wildman–Crippen MR) is 68.8 cm³/mol. The number of carbonyl (C=O) groups excluding carboxylic acids is 1. The zero-order valence-electron chi connectivity index (χ0n) is 10.2. The molecule has 1 aliphatic carbocycles. The number of aromatic nitrogens is 1. The van der Waals surface area contributed by atoms with Crippen LogP contribution in [0.2, 0.25) is 0 Å². The Balaban J connectivity index is 2.06. The summed E-state index contributed by atoms with van der Waals surface area (Å²) in [6, 6.07) is 1.83. The van der Waals surface area contributed by atoms with Crippen LogP contribution in [-0.4, -0.2) is 27.7 Å². The lowest BCUT2D eigenvalue weighted by atomic mass is 9.64. The smallest absolute Gasteiger partial charge is 0.268 e. The van der Waals surface area contributed by atoms with Crippen LogP contribution >= 0.6 is 15.9 Å². The highest BCUT2D eigenvalue weighted by Crippen LogP contribution is 2.40. The number of amides is 1. The molecule has 1 aromatic rings. The van der Waals surface area contributed by atoms with Crippen molar-refractivity contribution in [3.05, 3.63) is 22.4 Å². The third kappa shape index (κ3) is 2.13. The quantitative estimate of drug-likeness (QED) is 0.873. The van der Waals surface area contributed by atoms with Gasteiger partial charge in [0.2, 0.25) is 0 Å². The lowest BCUT2D eigenvalue weighted by Crippen LogP contribution is -2.61. The van der Waals surface area contributed by atoms with E-state index in [9.17, 15) is 9.90 Å². The molecule has 94 valence electrons. The maximum absolute atomic E-state index is 12.0. The molecule has 1 aromatic heterocycles. The topological polar surface area (TPSA) is 54.3 Å². The van der Waals surface area contributed by atoms with E-state index in [2.05, 4.69) is 21.2 Å². The summed E-state index contributed by atoms with van der Waals surface area (Å²) in [6.07, 6.45) is 2.15. The summed E-state index contributed by atoms with van der Waals surface area (Å²) in [5, 5.41) is 12.6. The van der Waals surface area contributed by atoms with E-state index in [1.54, 1.807) is 10.6 Å². The number of aliphatic hydroxyl groups is 1. The molecule has 2 atom stereocenters. The van der Waals surface area contributed by atoms with Crippen LogP contribution in [0.15, 0.2) is 16.7 Å². The van der Waals surface area contributed by atoms with Gasteiger partial charge in [0.1, 0.15) is 5.69 Å². The largest absolute Gasteiger partial charge is 0.392 e. The molecular formula is C12H17BrN2O2. The number of hydrogen-bond donors (Lipinski definition) is 2. The minimum Gasteiger partial charge on any atom is -0.392 e. The fraction of sp³-hybridized carbons (Fsp3) is 0.583. The van der Waals surface area contributed by atoms with Crippen LogP contribution in [0.3, 0.4) is 0 Å². The van der Waals surface area contributed by atoms with Crippen LogP contribution < -0.4 is 5.32 Å². The van der Waals surface area contributed by atoms with Gasteiger partial charge in [-0.2, -0.15) is 0 Å². The van der Waals surface area contributed by atoms with E-state index in [1.807, 2.05) is 27.1 Å². The molecule has 0 spiro atoms. The summed E-state index contributed by atoms with van der Waals surface area (Å²) in [5.74, 6) is -0.0943. The van der Waals surface area contributed by atoms with Crippen molar-refractivity contribution in [2.75, 3.05) is 0 Å². The third-order valence-electron chi connectivity index (χ3n) is 3.73. The number of aryl methyl sites for hydroxylation is 1. The van der Waals surface area contributed by atoms with Gasteiger partial charge in [-0.1, -0.05) is 13.8 Å². The maximum atomic E-state index is 12.0. The molecular weight excluding hydrogens is 284 g/mol. The number of nitrogens with zero attached hydrogens (tertiary/aromatic N) is 1. The van der Waals surface area contributed by atoms with Gasteiger partial charge >= 0.3 is 0 Å². The Morgan fingerprint density at radius 2 is 2.29 bits per heavy atom. The van der Waals surface area contributed by atoms with E-state index in [0.29, 0.717) is 12.1 Å². The number of aliphatic hydroxyl groups excluding tert-OH is 1. The van der Waals surface area contributed by atoms with Gasteiger partial charge in [-0.15, -0.1) is 0 Å². The molecule has 1 saturated carbocycles. The summed E-state index contributed by atoms with van der Waals surface area (Å²) >= 11 is 3.34. The standard InChI is InChI=1S/C12H17BrN2O2/c1-12(2)9(5-10(12)16)14-11(17)8-4-7(13)6-15(8)3/h4,6,9-10,16H,5H2,1-3H3,(H,14,17). The number of hydrogen-bond acceptors (Lipinski definition) is 2. The van der Waals surface area contributed by atoms with E-state index in [1.165, 1.54) is 0 Å². The fourth-order valence-electron chi connectivity index (χ4n) is 2.13. The first kappa shape index (κ1) is 12.6. The first-order chi connectivity index (χ1) is 7.82. The summed E-state index contributed by atoms with van der Waals surface area (Å²) in [5.41, 5.74) is 0.381. The van der Waals surface area contributed by atoms with Crippen LogP contribution in [0.5, 0.6) is 0 Å². The molecule has 5 heteroatoms. The second kappa shape index (κ2) is 4.14. The highest BCUT2D eigenvalue weighted by atomic mass is 79.9. The Labute approximate surface area is 109 Å². The van der Waals surface area contributed by atoms with Gasteiger partial charge in [0.15, 0.2) is 0 Å². The number of halogens is 1. The molecule has 4 nitrogen and oxygen atoms in total. The van der Waals surface area contributed by atoms with Crippen molar-refractivity contribution in [2.24, 2.45) is 12.5 Å². The monoisotopic (exact) mass is 300 g/mol. The second-order valence-corrected chi connectivity index (χ2v) is 6.17. The molecule has 1 fully saturated rings. The third-order valence-corrected chi connectivity index (χ3v) is 4.16. The van der Waals surface area contributed by atoms with Crippen LogP contribution in [0.1, 0.15) is 30.8 Å². The Kier molecular flexibility index (Phi) is 3.08. The lowest BCUT2D eigenvalue weighted by molar-refractivity contribution is -0.0690. The van der Waals surface area contributed by atoms with Crippen molar-refractivity contribution in [1.82, 2.24) is 9.88 Å². The SMILES string of the molecule is Cn1cc(Br)cc1C(=O)NC1CC(O)C1(C)C. The van der Waals surface area contributed by atoms with Crippen molar-refractivity contribution in [3.63, 3.8) is 0 Å². The zero-order valence-corrected chi connectivity index (χ0v) is 11.8. The van der Waals surface area contributed by atoms with Crippen molar-refractivity contribution in [2.45, 2.75) is 32.4 Å². The molecule has 1 amide bonds. The van der Waals surface area contributed by atoms with Crippen LogP contribution in [0.4, 0.5) is 0 Å². The summed E-state index contributed by atoms with van der Waals surface area (Å²) in [7, 11) is 1.83. The summed E-state index contributed by atoms with van der Waals surface area (Å²) in [4.78, 5) is 12.0. The molecule has 2 N–H and O–H groups in total. The fourth-order valence-corrected chi connectivity index (χ4v) is 2.65. The molecule has 0 aliphatic heterocycles. The number of nitrogens with one attached hydrogen (secondary N) is 1. The highest BCUT2D eigenvalue weighted by molar-refractivity contribution is 9.10. The van der Waals surface area contributed by atoms with Gasteiger partial charge in [-0.05, 0) is 28.4 Å². The minimum absolute atomic E-state index is 0.0404. The van der Waals surface area contributed by atoms with Crippen molar-refractivity contribution >= 4 is 21.8 Å². The molecule has 17 heavy (non-hydrogen) atoms. The van der Waals surface area contributed by atoms with Gasteiger partial charge < -0.3 is 15.0 Å². The molecule has 0 bridgehead atoms. The van der Waals surface area contributed by atoms with Gasteiger partial charge in [0.25, 0.3) is 5.91 Å². The van der Waals surface area contributed by atoms with Crippen molar-refractivity contribution in [1.29, 1.82) is 0 Å². The number of rotatable bonds is 2. The zero-order chi connectivity index (χ0) is 12.8. The molecule has 2 rings (SSSR count). The highest BCUT2D eigenvalue weighted by Gasteiger charge is 2.48. The minimum atomic E-state index is -0.326. The van der Waals surface area contributed by atoms with E-state index >= 15 is 0 Å². The second-order valence-electron chi connectivity index (χ2n) is 5.25. The van der Waals surface area contributed by atoms with E-state index in [0.717, 1.165) is 4.47 Å². The maximum Gasteiger partial charge on any atom is 0.268 e. The lowest BCUT2D eigenvalue weighted by Gasteiger charge is -2.49.